The first kappa shape index (κ1) is 18.1. The highest BCUT2D eigenvalue weighted by Gasteiger charge is 2.10. The summed E-state index contributed by atoms with van der Waals surface area (Å²) in [6, 6.07) is 14.9. The molecule has 0 unspecified atom stereocenters. The zero-order chi connectivity index (χ0) is 18.8. The molecule has 1 heterocycles. The van der Waals surface area contributed by atoms with Crippen LogP contribution in [-0.2, 0) is 0 Å². The van der Waals surface area contributed by atoms with Gasteiger partial charge < -0.3 is 4.57 Å². The monoisotopic (exact) mass is 411 g/mol. The summed E-state index contributed by atoms with van der Waals surface area (Å²) in [4.78, 5) is 15.0. The summed E-state index contributed by atoms with van der Waals surface area (Å²) in [5.74, 6) is 0. The van der Waals surface area contributed by atoms with Gasteiger partial charge in [-0.3, -0.25) is 15.1 Å². The van der Waals surface area contributed by atoms with Crippen molar-refractivity contribution in [1.82, 2.24) is 4.57 Å². The van der Waals surface area contributed by atoms with Gasteiger partial charge in [-0.1, -0.05) is 15.9 Å². The second-order valence-electron chi connectivity index (χ2n) is 6.12. The van der Waals surface area contributed by atoms with Crippen LogP contribution in [0.1, 0.15) is 22.5 Å². The Balaban J connectivity index is 1.94. The molecule has 2 aromatic carbocycles. The van der Waals surface area contributed by atoms with Crippen LogP contribution in [0.3, 0.4) is 0 Å². The van der Waals surface area contributed by atoms with E-state index < -0.39 is 4.92 Å². The Labute approximate surface area is 160 Å². The van der Waals surface area contributed by atoms with Gasteiger partial charge in [0.15, 0.2) is 0 Å². The zero-order valence-corrected chi connectivity index (χ0v) is 16.3. The van der Waals surface area contributed by atoms with Crippen LogP contribution in [0.2, 0.25) is 0 Å². The lowest BCUT2D eigenvalue weighted by atomic mass is 10.2. The number of halogens is 1. The molecule has 0 N–H and O–H groups in total. The molecular formula is C20H18BrN3O2. The molecule has 132 valence electrons. The third-order valence-electron chi connectivity index (χ3n) is 4.29. The van der Waals surface area contributed by atoms with Crippen LogP contribution in [0.15, 0.2) is 58.0 Å². The van der Waals surface area contributed by atoms with Gasteiger partial charge in [0.2, 0.25) is 0 Å². The number of aromatic nitrogens is 1. The summed E-state index contributed by atoms with van der Waals surface area (Å²) >= 11 is 3.46. The molecule has 0 saturated heterocycles. The minimum atomic E-state index is -0.396. The fourth-order valence-corrected chi connectivity index (χ4v) is 3.21. The fourth-order valence-electron chi connectivity index (χ4n) is 2.94. The van der Waals surface area contributed by atoms with Crippen LogP contribution in [0.4, 0.5) is 11.4 Å². The van der Waals surface area contributed by atoms with E-state index in [1.165, 1.54) is 12.1 Å². The van der Waals surface area contributed by atoms with Gasteiger partial charge in [-0.25, -0.2) is 0 Å². The average Bonchev–Trinajstić information content (AvgIpc) is 2.88. The Morgan fingerprint density at radius 3 is 2.38 bits per heavy atom. The van der Waals surface area contributed by atoms with Gasteiger partial charge in [0.25, 0.3) is 5.69 Å². The molecule has 0 aliphatic rings. The standard InChI is InChI=1S/C20H18BrN3O2/c1-13-10-19(24(25)26)8-9-20(13)22-12-16-11-14(2)23(15(16)3)18-6-4-17(21)5-7-18/h4-12H,1-3H3. The van der Waals surface area contributed by atoms with Crippen molar-refractivity contribution in [3.05, 3.63) is 85.6 Å². The van der Waals surface area contributed by atoms with Crippen LogP contribution in [0, 0.1) is 30.9 Å². The lowest BCUT2D eigenvalue weighted by Gasteiger charge is -2.09. The van der Waals surface area contributed by atoms with Crippen molar-refractivity contribution in [3.8, 4) is 5.69 Å². The fraction of sp³-hybridized carbons (Fsp3) is 0.150. The molecule has 3 aromatic rings. The molecule has 5 nitrogen and oxygen atoms in total. The molecule has 0 saturated carbocycles. The number of aliphatic imine (C=N–C) groups is 1. The molecule has 6 heteroatoms. The normalized spacial score (nSPS) is 11.2. The van der Waals surface area contributed by atoms with E-state index in [2.05, 4.69) is 57.5 Å². The number of hydrogen-bond acceptors (Lipinski definition) is 3. The minimum Gasteiger partial charge on any atom is -0.318 e. The van der Waals surface area contributed by atoms with E-state index in [4.69, 9.17) is 0 Å². The van der Waals surface area contributed by atoms with Gasteiger partial charge in [0.1, 0.15) is 0 Å². The highest BCUT2D eigenvalue weighted by atomic mass is 79.9. The molecule has 0 spiro atoms. The average molecular weight is 412 g/mol. The maximum atomic E-state index is 10.8. The first-order valence-electron chi connectivity index (χ1n) is 8.11. The summed E-state index contributed by atoms with van der Waals surface area (Å²) in [6.07, 6.45) is 1.81. The predicted molar refractivity (Wildman–Crippen MR) is 108 cm³/mol. The third-order valence-corrected chi connectivity index (χ3v) is 4.82. The molecular weight excluding hydrogens is 394 g/mol. The van der Waals surface area contributed by atoms with Crippen LogP contribution in [-0.4, -0.2) is 15.7 Å². The third kappa shape index (κ3) is 3.60. The number of nitrogens with zero attached hydrogens (tertiary/aromatic N) is 3. The topological polar surface area (TPSA) is 60.4 Å². The summed E-state index contributed by atoms with van der Waals surface area (Å²) in [5.41, 5.74) is 5.90. The van der Waals surface area contributed by atoms with Crippen molar-refractivity contribution in [2.75, 3.05) is 0 Å². The van der Waals surface area contributed by atoms with E-state index in [0.717, 1.165) is 38.4 Å². The van der Waals surface area contributed by atoms with E-state index in [0.29, 0.717) is 0 Å². The Kier molecular flexibility index (Phi) is 5.04. The zero-order valence-electron chi connectivity index (χ0n) is 14.7. The van der Waals surface area contributed by atoms with Crippen LogP contribution in [0.5, 0.6) is 0 Å². The summed E-state index contributed by atoms with van der Waals surface area (Å²) < 4.78 is 3.22. The first-order chi connectivity index (χ1) is 12.4. The smallest absolute Gasteiger partial charge is 0.269 e. The van der Waals surface area contributed by atoms with Crippen LogP contribution < -0.4 is 0 Å². The maximum Gasteiger partial charge on any atom is 0.269 e. The van der Waals surface area contributed by atoms with E-state index in [1.54, 1.807) is 6.07 Å². The number of benzene rings is 2. The number of non-ortho nitro benzene ring substituents is 1. The number of aryl methyl sites for hydroxylation is 2. The van der Waals surface area contributed by atoms with Gasteiger partial charge >= 0.3 is 0 Å². The molecule has 1 aromatic heterocycles. The largest absolute Gasteiger partial charge is 0.318 e. The van der Waals surface area contributed by atoms with E-state index in [9.17, 15) is 10.1 Å². The lowest BCUT2D eigenvalue weighted by Crippen LogP contribution is -1.99. The molecule has 0 bridgehead atoms. The Bertz CT molecular complexity index is 1000. The highest BCUT2D eigenvalue weighted by Crippen LogP contribution is 2.25. The molecule has 3 rings (SSSR count). The Hall–Kier alpha value is -2.73. The lowest BCUT2D eigenvalue weighted by molar-refractivity contribution is -0.384. The van der Waals surface area contributed by atoms with Gasteiger partial charge in [-0.05, 0) is 62.7 Å². The van der Waals surface area contributed by atoms with Gasteiger partial charge in [0, 0.05) is 45.5 Å². The van der Waals surface area contributed by atoms with E-state index in [-0.39, 0.29) is 5.69 Å². The van der Waals surface area contributed by atoms with Crippen LogP contribution >= 0.6 is 15.9 Å². The minimum absolute atomic E-state index is 0.0786. The summed E-state index contributed by atoms with van der Waals surface area (Å²) in [6.45, 7) is 5.94. The molecule has 0 aliphatic carbocycles. The molecule has 26 heavy (non-hydrogen) atoms. The quantitative estimate of drug-likeness (QED) is 0.308. The highest BCUT2D eigenvalue weighted by molar-refractivity contribution is 9.10. The maximum absolute atomic E-state index is 10.8. The van der Waals surface area contributed by atoms with Crippen molar-refractivity contribution in [3.63, 3.8) is 0 Å². The van der Waals surface area contributed by atoms with Gasteiger partial charge in [-0.15, -0.1) is 0 Å². The second kappa shape index (κ2) is 7.25. The number of nitro groups is 1. The number of rotatable bonds is 4. The van der Waals surface area contributed by atoms with E-state index in [1.807, 2.05) is 25.3 Å². The molecule has 0 atom stereocenters. The molecule has 0 radical (unpaired) electrons. The van der Waals surface area contributed by atoms with Crippen molar-refractivity contribution >= 4 is 33.5 Å². The van der Waals surface area contributed by atoms with Gasteiger partial charge in [-0.2, -0.15) is 0 Å². The summed E-state index contributed by atoms with van der Waals surface area (Å²) in [7, 11) is 0. The summed E-state index contributed by atoms with van der Waals surface area (Å²) in [5, 5.41) is 10.8. The number of nitro benzene ring substituents is 1. The molecule has 0 aliphatic heterocycles. The molecule has 0 amide bonds. The van der Waals surface area contributed by atoms with Gasteiger partial charge in [0.05, 0.1) is 10.6 Å². The first-order valence-corrected chi connectivity index (χ1v) is 8.90. The van der Waals surface area contributed by atoms with Crippen molar-refractivity contribution < 1.29 is 4.92 Å². The van der Waals surface area contributed by atoms with E-state index >= 15 is 0 Å². The van der Waals surface area contributed by atoms with Crippen molar-refractivity contribution in [1.29, 1.82) is 0 Å². The Morgan fingerprint density at radius 2 is 1.77 bits per heavy atom. The van der Waals surface area contributed by atoms with Crippen LogP contribution in [0.25, 0.3) is 5.69 Å². The van der Waals surface area contributed by atoms with Crippen molar-refractivity contribution in [2.24, 2.45) is 4.99 Å². The SMILES string of the molecule is Cc1cc([N+](=O)[O-])ccc1N=Cc1cc(C)n(-c2ccc(Br)cc2)c1C. The van der Waals surface area contributed by atoms with Crippen molar-refractivity contribution in [2.45, 2.75) is 20.8 Å². The predicted octanol–water partition coefficient (Wildman–Crippen LogP) is 5.82. The second-order valence-corrected chi connectivity index (χ2v) is 7.04. The number of hydrogen-bond donors (Lipinski definition) is 0. The molecule has 0 fully saturated rings. The Morgan fingerprint density at radius 1 is 1.08 bits per heavy atom.